The number of fused-ring (bicyclic) bond motifs is 1. The number of hydrogen-bond acceptors (Lipinski definition) is 6. The summed E-state index contributed by atoms with van der Waals surface area (Å²) < 4.78 is 80.7. The van der Waals surface area contributed by atoms with Gasteiger partial charge in [-0.1, -0.05) is 6.92 Å². The Kier molecular flexibility index (Phi) is 5.69. The number of nitrogens with zero attached hydrogens (tertiary/aromatic N) is 4. The Labute approximate surface area is 176 Å². The Morgan fingerprint density at radius 3 is 2.45 bits per heavy atom. The number of aromatic nitrogens is 3. The number of halogens is 3. The highest BCUT2D eigenvalue weighted by atomic mass is 32.2. The molecule has 0 radical (unpaired) electrons. The number of sulfone groups is 1. The zero-order valence-electron chi connectivity index (χ0n) is 16.5. The van der Waals surface area contributed by atoms with Gasteiger partial charge in [-0.15, -0.1) is 0 Å². The Morgan fingerprint density at radius 1 is 1.19 bits per heavy atom. The van der Waals surface area contributed by atoms with Gasteiger partial charge in [0.2, 0.25) is 0 Å². The van der Waals surface area contributed by atoms with Crippen LogP contribution in [0.5, 0.6) is 0 Å². The van der Waals surface area contributed by atoms with E-state index in [4.69, 9.17) is 0 Å². The lowest BCUT2D eigenvalue weighted by Gasteiger charge is -2.08. The standard InChI is InChI=1S/C18H17F3N4O4S2/c1-4-31(28,29)14-7-11(17(26)24-30(2,3)27)9-22-16(14)13-10-25-6-5-12(18(19,20)21)8-15(25)23-13/h5-10H,4H2,1-3H3. The summed E-state index contributed by atoms with van der Waals surface area (Å²) in [6.07, 6.45) is 1.49. The van der Waals surface area contributed by atoms with Crippen LogP contribution in [0.15, 0.2) is 46.0 Å². The first-order chi connectivity index (χ1) is 14.2. The average molecular weight is 474 g/mol. The molecule has 0 aliphatic carbocycles. The summed E-state index contributed by atoms with van der Waals surface area (Å²) in [5.41, 5.74) is -1.26. The van der Waals surface area contributed by atoms with E-state index in [1.54, 1.807) is 0 Å². The molecule has 8 nitrogen and oxygen atoms in total. The van der Waals surface area contributed by atoms with Gasteiger partial charge in [0, 0.05) is 40.8 Å². The molecule has 0 saturated carbocycles. The zero-order valence-corrected chi connectivity index (χ0v) is 18.2. The fourth-order valence-electron chi connectivity index (χ4n) is 2.67. The van der Waals surface area contributed by atoms with Crippen molar-refractivity contribution < 1.29 is 30.6 Å². The number of alkyl halides is 3. The van der Waals surface area contributed by atoms with Gasteiger partial charge in [0.1, 0.15) is 17.0 Å². The van der Waals surface area contributed by atoms with Crippen molar-refractivity contribution in [3.8, 4) is 11.4 Å². The number of carbonyl (C=O) groups is 1. The summed E-state index contributed by atoms with van der Waals surface area (Å²) in [6.45, 7) is 1.39. The van der Waals surface area contributed by atoms with Crippen LogP contribution in [-0.2, 0) is 25.7 Å². The molecule has 13 heteroatoms. The lowest BCUT2D eigenvalue weighted by atomic mass is 10.2. The highest BCUT2D eigenvalue weighted by molar-refractivity contribution is 7.92. The normalized spacial score (nSPS) is 12.8. The van der Waals surface area contributed by atoms with E-state index in [0.29, 0.717) is 0 Å². The van der Waals surface area contributed by atoms with E-state index in [0.717, 1.165) is 30.6 Å². The number of amides is 1. The van der Waals surface area contributed by atoms with Crippen molar-refractivity contribution in [3.05, 3.63) is 47.9 Å². The van der Waals surface area contributed by atoms with Crippen molar-refractivity contribution in [3.63, 3.8) is 0 Å². The third-order valence-corrected chi connectivity index (χ3v) is 6.49. The molecule has 31 heavy (non-hydrogen) atoms. The lowest BCUT2D eigenvalue weighted by molar-refractivity contribution is -0.137. The van der Waals surface area contributed by atoms with E-state index in [-0.39, 0.29) is 33.2 Å². The van der Waals surface area contributed by atoms with E-state index < -0.39 is 37.2 Å². The molecule has 3 aromatic heterocycles. The van der Waals surface area contributed by atoms with E-state index in [1.165, 1.54) is 30.0 Å². The first-order valence-electron chi connectivity index (χ1n) is 8.72. The predicted octanol–water partition coefficient (Wildman–Crippen LogP) is 3.08. The van der Waals surface area contributed by atoms with Crippen LogP contribution in [0.1, 0.15) is 22.8 Å². The van der Waals surface area contributed by atoms with Crippen molar-refractivity contribution in [1.82, 2.24) is 14.4 Å². The maximum Gasteiger partial charge on any atom is 0.416 e. The van der Waals surface area contributed by atoms with Gasteiger partial charge in [0.15, 0.2) is 9.84 Å². The number of carbonyl (C=O) groups excluding carboxylic acids is 1. The molecule has 0 aliphatic rings. The first kappa shape index (κ1) is 22.9. The third-order valence-electron chi connectivity index (χ3n) is 4.15. The molecule has 0 saturated heterocycles. The van der Waals surface area contributed by atoms with Gasteiger partial charge in [0.25, 0.3) is 5.91 Å². The maximum atomic E-state index is 13.0. The topological polar surface area (TPSA) is 111 Å². The van der Waals surface area contributed by atoms with Crippen LogP contribution in [0.4, 0.5) is 13.2 Å². The van der Waals surface area contributed by atoms with E-state index >= 15 is 0 Å². The Balaban J connectivity index is 2.21. The fraction of sp³-hybridized carbons (Fsp3) is 0.278. The van der Waals surface area contributed by atoms with Gasteiger partial charge >= 0.3 is 6.18 Å². The van der Waals surface area contributed by atoms with Gasteiger partial charge in [-0.05, 0) is 18.2 Å². The van der Waals surface area contributed by atoms with Gasteiger partial charge in [-0.25, -0.2) is 17.6 Å². The van der Waals surface area contributed by atoms with Gasteiger partial charge in [0.05, 0.1) is 21.8 Å². The van der Waals surface area contributed by atoms with Crippen LogP contribution in [0.3, 0.4) is 0 Å². The summed E-state index contributed by atoms with van der Waals surface area (Å²) in [5, 5.41) is 0. The van der Waals surface area contributed by atoms with Crippen LogP contribution < -0.4 is 0 Å². The Bertz CT molecular complexity index is 1410. The van der Waals surface area contributed by atoms with Crippen LogP contribution in [0, 0.1) is 0 Å². The summed E-state index contributed by atoms with van der Waals surface area (Å²) in [6, 6.07) is 2.75. The molecule has 0 unspecified atom stereocenters. The summed E-state index contributed by atoms with van der Waals surface area (Å²) in [4.78, 5) is 20.0. The van der Waals surface area contributed by atoms with Crippen LogP contribution in [0.2, 0.25) is 0 Å². The molecule has 0 N–H and O–H groups in total. The Morgan fingerprint density at radius 2 is 1.87 bits per heavy atom. The number of hydrogen-bond donors (Lipinski definition) is 0. The molecule has 0 fully saturated rings. The molecule has 0 spiro atoms. The lowest BCUT2D eigenvalue weighted by Crippen LogP contribution is -2.10. The van der Waals surface area contributed by atoms with Crippen molar-refractivity contribution >= 4 is 31.1 Å². The largest absolute Gasteiger partial charge is 0.416 e. The highest BCUT2D eigenvalue weighted by Gasteiger charge is 2.31. The van der Waals surface area contributed by atoms with E-state index in [1.807, 2.05) is 0 Å². The van der Waals surface area contributed by atoms with E-state index in [9.17, 15) is 30.6 Å². The molecule has 0 atom stereocenters. The molecular weight excluding hydrogens is 457 g/mol. The second-order valence-electron chi connectivity index (χ2n) is 6.86. The smallest absolute Gasteiger partial charge is 0.306 e. The third kappa shape index (κ3) is 4.93. The summed E-state index contributed by atoms with van der Waals surface area (Å²) in [5.74, 6) is -1.22. The predicted molar refractivity (Wildman–Crippen MR) is 108 cm³/mol. The van der Waals surface area contributed by atoms with E-state index in [2.05, 4.69) is 14.3 Å². The second-order valence-corrected chi connectivity index (χ2v) is 11.6. The van der Waals surface area contributed by atoms with Gasteiger partial charge in [-0.2, -0.15) is 17.5 Å². The fourth-order valence-corrected chi connectivity index (χ4v) is 4.25. The minimum Gasteiger partial charge on any atom is -0.306 e. The number of rotatable bonds is 4. The highest BCUT2D eigenvalue weighted by Crippen LogP contribution is 2.31. The van der Waals surface area contributed by atoms with Crippen molar-refractivity contribution in [1.29, 1.82) is 0 Å². The average Bonchev–Trinajstić information content (AvgIpc) is 3.08. The zero-order chi connectivity index (χ0) is 23.2. The first-order valence-corrected chi connectivity index (χ1v) is 12.7. The van der Waals surface area contributed by atoms with Gasteiger partial charge in [-0.3, -0.25) is 9.78 Å². The molecule has 3 rings (SSSR count). The minimum absolute atomic E-state index is 0.0112. The minimum atomic E-state index is -4.56. The SMILES string of the molecule is CCS(=O)(=O)c1cc(C(=O)N=S(C)(C)=O)cnc1-c1cn2ccc(C(F)(F)F)cc2n1. The number of imidazole rings is 1. The molecule has 166 valence electrons. The molecule has 0 aromatic carbocycles. The van der Waals surface area contributed by atoms with Crippen molar-refractivity contribution in [2.75, 3.05) is 18.3 Å². The molecule has 0 aliphatic heterocycles. The molecule has 3 heterocycles. The Hall–Kier alpha value is -2.80. The summed E-state index contributed by atoms with van der Waals surface area (Å²) >= 11 is 0. The second kappa shape index (κ2) is 7.71. The summed E-state index contributed by atoms with van der Waals surface area (Å²) in [7, 11) is -6.68. The van der Waals surface area contributed by atoms with Crippen LogP contribution in [-0.4, -0.2) is 51.2 Å². The molecular formula is C18H17F3N4O4S2. The van der Waals surface area contributed by atoms with Gasteiger partial charge < -0.3 is 4.40 Å². The van der Waals surface area contributed by atoms with Crippen LogP contribution in [0.25, 0.3) is 17.0 Å². The maximum absolute atomic E-state index is 13.0. The van der Waals surface area contributed by atoms with Crippen molar-refractivity contribution in [2.45, 2.75) is 18.0 Å². The quantitative estimate of drug-likeness (QED) is 0.575. The monoisotopic (exact) mass is 474 g/mol. The van der Waals surface area contributed by atoms with Crippen LogP contribution >= 0.6 is 0 Å². The molecule has 0 bridgehead atoms. The molecule has 1 amide bonds. The molecule has 3 aromatic rings. The van der Waals surface area contributed by atoms with Crippen molar-refractivity contribution in [2.24, 2.45) is 4.36 Å². The number of pyridine rings is 2.